The highest BCUT2D eigenvalue weighted by Gasteiger charge is 2.20. The predicted molar refractivity (Wildman–Crippen MR) is 140 cm³/mol. The fraction of sp³-hybridized carbons (Fsp3) is 0.320. The molecule has 0 radical (unpaired) electrons. The van der Waals surface area contributed by atoms with Crippen LogP contribution in [0.5, 0.6) is 0 Å². The van der Waals surface area contributed by atoms with Crippen LogP contribution in [0.1, 0.15) is 43.4 Å². The minimum atomic E-state index is -3.90. The van der Waals surface area contributed by atoms with Gasteiger partial charge in [-0.1, -0.05) is 25.6 Å². The fourth-order valence-electron chi connectivity index (χ4n) is 3.32. The van der Waals surface area contributed by atoms with E-state index in [0.29, 0.717) is 33.6 Å². The van der Waals surface area contributed by atoms with Gasteiger partial charge in [-0.15, -0.1) is 0 Å². The van der Waals surface area contributed by atoms with Crippen molar-refractivity contribution in [2.75, 3.05) is 10.0 Å². The Kier molecular flexibility index (Phi) is 8.66. The van der Waals surface area contributed by atoms with Gasteiger partial charge in [0.15, 0.2) is 0 Å². The lowest BCUT2D eigenvalue weighted by Gasteiger charge is -2.14. The van der Waals surface area contributed by atoms with Crippen LogP contribution >= 0.6 is 11.8 Å². The average Bonchev–Trinajstić information content (AvgIpc) is 2.78. The van der Waals surface area contributed by atoms with Gasteiger partial charge in [0.1, 0.15) is 11.1 Å². The normalized spacial score (nSPS) is 12.1. The zero-order valence-corrected chi connectivity index (χ0v) is 22.4. The van der Waals surface area contributed by atoms with Crippen LogP contribution in [0.4, 0.5) is 11.6 Å². The summed E-state index contributed by atoms with van der Waals surface area (Å²) in [5.41, 5.74) is 3.02. The Morgan fingerprint density at radius 3 is 2.25 bits per heavy atom. The summed E-state index contributed by atoms with van der Waals surface area (Å²) in [6.45, 7) is 9.41. The average molecular weight is 525 g/mol. The first-order valence-electron chi connectivity index (χ1n) is 11.3. The van der Waals surface area contributed by atoms with Gasteiger partial charge in [-0.25, -0.2) is 28.1 Å². The molecule has 0 saturated heterocycles. The molecule has 3 rings (SSSR count). The number of carbonyl (C=O) groups is 1. The van der Waals surface area contributed by atoms with Crippen molar-refractivity contribution in [2.45, 2.75) is 56.2 Å². The third-order valence-electron chi connectivity index (χ3n) is 4.95. The molecule has 3 aromatic rings. The van der Waals surface area contributed by atoms with Crippen molar-refractivity contribution in [3.8, 4) is 6.07 Å². The number of hydrogen-bond donors (Lipinski definition) is 2. The molecular weight excluding hydrogens is 496 g/mol. The number of nitrogens with zero attached hydrogens (tertiary/aromatic N) is 4. The number of benzene rings is 1. The van der Waals surface area contributed by atoms with E-state index >= 15 is 0 Å². The van der Waals surface area contributed by atoms with Crippen LogP contribution < -0.4 is 10.0 Å². The van der Waals surface area contributed by atoms with Gasteiger partial charge < -0.3 is 5.32 Å². The topological polar surface area (TPSA) is 138 Å². The molecule has 1 unspecified atom stereocenters. The van der Waals surface area contributed by atoms with Gasteiger partial charge in [0.05, 0.1) is 15.7 Å². The minimum Gasteiger partial charge on any atom is -0.325 e. The number of aromatic nitrogens is 3. The van der Waals surface area contributed by atoms with E-state index in [4.69, 9.17) is 0 Å². The van der Waals surface area contributed by atoms with Gasteiger partial charge in [0.25, 0.3) is 10.0 Å². The summed E-state index contributed by atoms with van der Waals surface area (Å²) in [6, 6.07) is 13.2. The maximum Gasteiger partial charge on any atom is 0.264 e. The highest BCUT2D eigenvalue weighted by Crippen LogP contribution is 2.27. The van der Waals surface area contributed by atoms with Crippen LogP contribution in [0.15, 0.2) is 52.4 Å². The molecule has 0 aliphatic rings. The van der Waals surface area contributed by atoms with Gasteiger partial charge in [-0.2, -0.15) is 5.26 Å². The molecule has 2 heterocycles. The number of carbonyl (C=O) groups excluding carboxylic acids is 1. The maximum absolute atomic E-state index is 12.8. The summed E-state index contributed by atoms with van der Waals surface area (Å²) < 4.78 is 27.8. The summed E-state index contributed by atoms with van der Waals surface area (Å²) in [5, 5.41) is 12.2. The molecule has 188 valence electrons. The van der Waals surface area contributed by atoms with E-state index in [9.17, 15) is 18.5 Å². The lowest BCUT2D eigenvalue weighted by atomic mass is 10.1. The molecule has 1 amide bonds. The molecule has 0 bridgehead atoms. The van der Waals surface area contributed by atoms with Crippen LogP contribution in [0.25, 0.3) is 0 Å². The van der Waals surface area contributed by atoms with E-state index in [2.05, 4.69) is 44.9 Å². The number of rotatable bonds is 9. The van der Waals surface area contributed by atoms with E-state index in [1.807, 2.05) is 6.07 Å². The monoisotopic (exact) mass is 524 g/mol. The SMILES string of the molecule is Cc1cc(C)nc(NS(=O)(=O)c2ccc(NC(=O)C(C)Sc3nc(CC(C)C)ccc3C#N)cc2)n1. The quantitative estimate of drug-likeness (QED) is 0.391. The van der Waals surface area contributed by atoms with Crippen molar-refractivity contribution in [3.63, 3.8) is 0 Å². The lowest BCUT2D eigenvalue weighted by Crippen LogP contribution is -2.23. The van der Waals surface area contributed by atoms with E-state index in [1.165, 1.54) is 36.0 Å². The zero-order valence-electron chi connectivity index (χ0n) is 20.7. The number of thioether (sulfide) groups is 1. The molecular formula is C25H28N6O3S2. The summed E-state index contributed by atoms with van der Waals surface area (Å²) >= 11 is 1.21. The molecule has 0 saturated carbocycles. The Balaban J connectivity index is 1.68. The molecule has 2 aromatic heterocycles. The van der Waals surface area contributed by atoms with E-state index in [0.717, 1.165) is 12.1 Å². The summed E-state index contributed by atoms with van der Waals surface area (Å²) in [7, 11) is -3.90. The van der Waals surface area contributed by atoms with Gasteiger partial charge in [-0.05, 0) is 75.6 Å². The van der Waals surface area contributed by atoms with Gasteiger partial charge >= 0.3 is 0 Å². The molecule has 0 aliphatic heterocycles. The maximum atomic E-state index is 12.8. The number of hydrogen-bond acceptors (Lipinski definition) is 8. The third-order valence-corrected chi connectivity index (χ3v) is 7.40. The van der Waals surface area contributed by atoms with Crippen LogP contribution in [0.2, 0.25) is 0 Å². The molecule has 11 heteroatoms. The Morgan fingerprint density at radius 1 is 1.03 bits per heavy atom. The largest absolute Gasteiger partial charge is 0.325 e. The summed E-state index contributed by atoms with van der Waals surface area (Å²) in [5.74, 6) is 0.121. The first kappa shape index (κ1) is 27.1. The Morgan fingerprint density at radius 2 is 1.67 bits per heavy atom. The van der Waals surface area contributed by atoms with Crippen molar-refractivity contribution in [2.24, 2.45) is 5.92 Å². The predicted octanol–water partition coefficient (Wildman–Crippen LogP) is 4.48. The number of anilines is 2. The van der Waals surface area contributed by atoms with E-state index < -0.39 is 15.3 Å². The van der Waals surface area contributed by atoms with Gasteiger partial charge in [0.2, 0.25) is 11.9 Å². The highest BCUT2D eigenvalue weighted by molar-refractivity contribution is 8.00. The molecule has 0 aliphatic carbocycles. The molecule has 1 atom stereocenters. The van der Waals surface area contributed by atoms with Crippen LogP contribution in [0.3, 0.4) is 0 Å². The highest BCUT2D eigenvalue weighted by atomic mass is 32.2. The summed E-state index contributed by atoms with van der Waals surface area (Å²) in [4.78, 5) is 25.6. The Labute approximate surface area is 215 Å². The molecule has 9 nitrogen and oxygen atoms in total. The van der Waals surface area contributed by atoms with Gasteiger partial charge in [0, 0.05) is 22.8 Å². The lowest BCUT2D eigenvalue weighted by molar-refractivity contribution is -0.115. The number of nitriles is 1. The number of nitrogens with one attached hydrogen (secondary N) is 2. The standard InChI is InChI=1S/C25H28N6O3S2/c1-15(2)12-21-7-6-19(14-26)24(30-21)35-18(5)23(32)29-20-8-10-22(11-9-20)36(33,34)31-25-27-16(3)13-17(4)28-25/h6-11,13,15,18H,12H2,1-5H3,(H,29,32)(H,27,28,31). The second-order valence-electron chi connectivity index (χ2n) is 8.72. The van der Waals surface area contributed by atoms with Crippen molar-refractivity contribution in [1.82, 2.24) is 15.0 Å². The van der Waals surface area contributed by atoms with Crippen molar-refractivity contribution < 1.29 is 13.2 Å². The number of sulfonamides is 1. The number of aryl methyl sites for hydroxylation is 2. The first-order chi connectivity index (χ1) is 17.0. The van der Waals surface area contributed by atoms with E-state index in [1.54, 1.807) is 32.9 Å². The smallest absolute Gasteiger partial charge is 0.264 e. The molecule has 0 spiro atoms. The molecule has 2 N–H and O–H groups in total. The Bertz CT molecular complexity index is 1380. The van der Waals surface area contributed by atoms with Gasteiger partial charge in [-0.3, -0.25) is 4.79 Å². The first-order valence-corrected chi connectivity index (χ1v) is 13.7. The summed E-state index contributed by atoms with van der Waals surface area (Å²) in [6.07, 6.45) is 0.777. The number of pyridine rings is 1. The Hall–Kier alpha value is -3.49. The third kappa shape index (κ3) is 7.26. The van der Waals surface area contributed by atoms with E-state index in [-0.39, 0.29) is 16.8 Å². The fourth-order valence-corrected chi connectivity index (χ4v) is 5.17. The second-order valence-corrected chi connectivity index (χ2v) is 11.7. The number of amides is 1. The minimum absolute atomic E-state index is 0.00135. The molecule has 36 heavy (non-hydrogen) atoms. The second kappa shape index (κ2) is 11.5. The van der Waals surface area contributed by atoms with Crippen molar-refractivity contribution in [3.05, 3.63) is 65.1 Å². The molecule has 0 fully saturated rings. The molecule has 1 aromatic carbocycles. The van der Waals surface area contributed by atoms with Crippen LogP contribution in [0, 0.1) is 31.1 Å². The van der Waals surface area contributed by atoms with Crippen LogP contribution in [-0.4, -0.2) is 34.5 Å². The van der Waals surface area contributed by atoms with Crippen molar-refractivity contribution >= 4 is 39.3 Å². The van der Waals surface area contributed by atoms with Crippen LogP contribution in [-0.2, 0) is 21.2 Å². The van der Waals surface area contributed by atoms with Crippen molar-refractivity contribution in [1.29, 1.82) is 5.26 Å². The zero-order chi connectivity index (χ0) is 26.5.